The summed E-state index contributed by atoms with van der Waals surface area (Å²) in [5.74, 6) is 2.08. The van der Waals surface area contributed by atoms with Crippen LogP contribution in [0.3, 0.4) is 0 Å². The van der Waals surface area contributed by atoms with Gasteiger partial charge in [0.2, 0.25) is 17.8 Å². The fourth-order valence-electron chi connectivity index (χ4n) is 2.46. The molecule has 0 aliphatic carbocycles. The molecular formula is C15H28N6. The van der Waals surface area contributed by atoms with Crippen LogP contribution in [0.25, 0.3) is 0 Å². The topological polar surface area (TPSA) is 66.0 Å². The van der Waals surface area contributed by atoms with E-state index in [0.717, 1.165) is 31.9 Å². The maximum Gasteiger partial charge on any atom is 0.231 e. The van der Waals surface area contributed by atoms with Crippen LogP contribution < -0.4 is 15.5 Å². The van der Waals surface area contributed by atoms with Crippen molar-refractivity contribution in [1.82, 2.24) is 15.0 Å². The zero-order chi connectivity index (χ0) is 15.3. The van der Waals surface area contributed by atoms with Crippen molar-refractivity contribution in [2.75, 3.05) is 35.7 Å². The molecule has 0 unspecified atom stereocenters. The second-order valence-electron chi connectivity index (χ2n) is 5.97. The first-order valence-corrected chi connectivity index (χ1v) is 8.07. The van der Waals surface area contributed by atoms with Gasteiger partial charge in [-0.15, -0.1) is 0 Å². The van der Waals surface area contributed by atoms with Gasteiger partial charge in [0.25, 0.3) is 0 Å². The van der Waals surface area contributed by atoms with Gasteiger partial charge in [-0.2, -0.15) is 15.0 Å². The van der Waals surface area contributed by atoms with Crippen molar-refractivity contribution in [2.24, 2.45) is 0 Å². The monoisotopic (exact) mass is 292 g/mol. The lowest BCUT2D eigenvalue weighted by molar-refractivity contribution is 0.474. The first kappa shape index (κ1) is 15.8. The first-order chi connectivity index (χ1) is 10.1. The molecule has 1 aliphatic rings. The summed E-state index contributed by atoms with van der Waals surface area (Å²) in [6, 6.07) is 0. The van der Waals surface area contributed by atoms with Crippen molar-refractivity contribution < 1.29 is 0 Å². The second-order valence-corrected chi connectivity index (χ2v) is 5.97. The van der Waals surface area contributed by atoms with Gasteiger partial charge in [-0.05, 0) is 39.0 Å². The van der Waals surface area contributed by atoms with E-state index in [2.05, 4.69) is 51.3 Å². The van der Waals surface area contributed by atoms with Crippen molar-refractivity contribution in [3.8, 4) is 0 Å². The second kappa shape index (κ2) is 6.91. The number of nitrogens with one attached hydrogen (secondary N) is 2. The molecule has 0 saturated carbocycles. The zero-order valence-corrected chi connectivity index (χ0v) is 13.7. The lowest BCUT2D eigenvalue weighted by atomic mass is 9.96. The molecule has 0 bridgehead atoms. The summed E-state index contributed by atoms with van der Waals surface area (Å²) < 4.78 is 0. The van der Waals surface area contributed by atoms with Gasteiger partial charge >= 0.3 is 0 Å². The average molecular weight is 292 g/mol. The summed E-state index contributed by atoms with van der Waals surface area (Å²) in [5.41, 5.74) is 0.0194. The molecule has 2 N–H and O–H groups in total. The highest BCUT2D eigenvalue weighted by Gasteiger charge is 2.22. The number of hydrogen-bond acceptors (Lipinski definition) is 6. The van der Waals surface area contributed by atoms with Crippen LogP contribution in [0.1, 0.15) is 52.9 Å². The molecule has 118 valence electrons. The van der Waals surface area contributed by atoms with E-state index in [1.165, 1.54) is 19.3 Å². The summed E-state index contributed by atoms with van der Waals surface area (Å²) in [6.45, 7) is 8.64. The molecule has 6 nitrogen and oxygen atoms in total. The normalized spacial score (nSPS) is 15.9. The third-order valence-electron chi connectivity index (χ3n) is 4.46. The number of rotatable bonds is 6. The van der Waals surface area contributed by atoms with Crippen LogP contribution in [0.4, 0.5) is 17.8 Å². The van der Waals surface area contributed by atoms with E-state index >= 15 is 0 Å². The number of aromatic nitrogens is 3. The van der Waals surface area contributed by atoms with Gasteiger partial charge in [0.05, 0.1) is 0 Å². The highest BCUT2D eigenvalue weighted by molar-refractivity contribution is 5.44. The van der Waals surface area contributed by atoms with Crippen LogP contribution in [0.2, 0.25) is 0 Å². The Morgan fingerprint density at radius 2 is 1.62 bits per heavy atom. The molecule has 2 rings (SSSR count). The minimum absolute atomic E-state index is 0.0194. The largest absolute Gasteiger partial charge is 0.357 e. The highest BCUT2D eigenvalue weighted by Crippen LogP contribution is 2.22. The van der Waals surface area contributed by atoms with Crippen molar-refractivity contribution in [2.45, 2.75) is 58.4 Å². The quantitative estimate of drug-likeness (QED) is 0.840. The van der Waals surface area contributed by atoms with Gasteiger partial charge in [0, 0.05) is 25.7 Å². The maximum absolute atomic E-state index is 4.64. The van der Waals surface area contributed by atoms with E-state index in [4.69, 9.17) is 0 Å². The summed E-state index contributed by atoms with van der Waals surface area (Å²) in [5, 5.41) is 6.52. The third-order valence-corrected chi connectivity index (χ3v) is 4.46. The predicted molar refractivity (Wildman–Crippen MR) is 88.0 cm³/mol. The Morgan fingerprint density at radius 3 is 2.19 bits per heavy atom. The van der Waals surface area contributed by atoms with Gasteiger partial charge < -0.3 is 15.5 Å². The van der Waals surface area contributed by atoms with Crippen molar-refractivity contribution >= 4 is 17.8 Å². The summed E-state index contributed by atoms with van der Waals surface area (Å²) in [7, 11) is 1.85. The Kier molecular flexibility index (Phi) is 5.20. The van der Waals surface area contributed by atoms with Gasteiger partial charge in [0.15, 0.2) is 0 Å². The SMILES string of the molecule is CCC(C)(CC)Nc1nc(NC)nc(N2CCCCC2)n1. The van der Waals surface area contributed by atoms with E-state index in [1.807, 2.05) is 7.05 Å². The van der Waals surface area contributed by atoms with Crippen molar-refractivity contribution in [3.05, 3.63) is 0 Å². The number of piperidine rings is 1. The van der Waals surface area contributed by atoms with Crippen LogP contribution in [-0.4, -0.2) is 40.6 Å². The Labute approximate surface area is 127 Å². The van der Waals surface area contributed by atoms with E-state index < -0.39 is 0 Å². The van der Waals surface area contributed by atoms with E-state index in [0.29, 0.717) is 11.9 Å². The maximum atomic E-state index is 4.64. The van der Waals surface area contributed by atoms with Crippen LogP contribution in [0.5, 0.6) is 0 Å². The van der Waals surface area contributed by atoms with Gasteiger partial charge in [0.1, 0.15) is 0 Å². The number of hydrogen-bond donors (Lipinski definition) is 2. The highest BCUT2D eigenvalue weighted by atomic mass is 15.3. The molecule has 0 spiro atoms. The molecule has 1 aromatic rings. The molecule has 0 amide bonds. The van der Waals surface area contributed by atoms with E-state index in [-0.39, 0.29) is 5.54 Å². The lowest BCUT2D eigenvalue weighted by Gasteiger charge is -2.30. The molecule has 0 atom stereocenters. The molecule has 1 aliphatic heterocycles. The molecule has 6 heteroatoms. The molecule has 1 saturated heterocycles. The van der Waals surface area contributed by atoms with Gasteiger partial charge in [-0.25, -0.2) is 0 Å². The van der Waals surface area contributed by atoms with Crippen LogP contribution >= 0.6 is 0 Å². The minimum atomic E-state index is 0.0194. The Hall–Kier alpha value is -1.59. The summed E-state index contributed by atoms with van der Waals surface area (Å²) in [6.07, 6.45) is 5.79. The zero-order valence-electron chi connectivity index (χ0n) is 13.7. The average Bonchev–Trinajstić information content (AvgIpc) is 2.55. The van der Waals surface area contributed by atoms with Crippen LogP contribution in [-0.2, 0) is 0 Å². The number of anilines is 3. The van der Waals surface area contributed by atoms with Crippen molar-refractivity contribution in [1.29, 1.82) is 0 Å². The van der Waals surface area contributed by atoms with Gasteiger partial charge in [-0.1, -0.05) is 13.8 Å². The summed E-state index contributed by atoms with van der Waals surface area (Å²) >= 11 is 0. The Balaban J connectivity index is 2.24. The van der Waals surface area contributed by atoms with Gasteiger partial charge in [-0.3, -0.25) is 0 Å². The standard InChI is InChI=1S/C15H28N6/c1-5-15(3,6-2)20-13-17-12(16-4)18-14(19-13)21-10-8-7-9-11-21/h5-11H2,1-4H3,(H2,16,17,18,19,20). The molecule has 0 aromatic carbocycles. The minimum Gasteiger partial charge on any atom is -0.357 e. The molecular weight excluding hydrogens is 264 g/mol. The molecule has 0 radical (unpaired) electrons. The first-order valence-electron chi connectivity index (χ1n) is 8.07. The fourth-order valence-corrected chi connectivity index (χ4v) is 2.46. The Bertz CT molecular complexity index is 451. The van der Waals surface area contributed by atoms with Crippen LogP contribution in [0.15, 0.2) is 0 Å². The fraction of sp³-hybridized carbons (Fsp3) is 0.800. The Morgan fingerprint density at radius 1 is 1.00 bits per heavy atom. The number of nitrogens with zero attached hydrogens (tertiary/aromatic N) is 4. The van der Waals surface area contributed by atoms with Crippen LogP contribution in [0, 0.1) is 0 Å². The smallest absolute Gasteiger partial charge is 0.231 e. The van der Waals surface area contributed by atoms with E-state index in [9.17, 15) is 0 Å². The lowest BCUT2D eigenvalue weighted by Crippen LogP contribution is -2.35. The summed E-state index contributed by atoms with van der Waals surface area (Å²) in [4.78, 5) is 15.9. The van der Waals surface area contributed by atoms with Crippen molar-refractivity contribution in [3.63, 3.8) is 0 Å². The molecule has 1 fully saturated rings. The molecule has 1 aromatic heterocycles. The molecule has 2 heterocycles. The third kappa shape index (κ3) is 3.95. The molecule has 21 heavy (non-hydrogen) atoms. The predicted octanol–water partition coefficient (Wildman–Crippen LogP) is 2.89. The van der Waals surface area contributed by atoms with E-state index in [1.54, 1.807) is 0 Å².